The Balaban J connectivity index is 1.23. The molecule has 13 nitrogen and oxygen atoms in total. The van der Waals surface area contributed by atoms with Crippen molar-refractivity contribution in [3.05, 3.63) is 29.0 Å². The van der Waals surface area contributed by atoms with E-state index in [9.17, 15) is 31.5 Å². The molecule has 3 atom stereocenters. The van der Waals surface area contributed by atoms with Gasteiger partial charge in [0.05, 0.1) is 37.1 Å². The van der Waals surface area contributed by atoms with Crippen LogP contribution in [0.1, 0.15) is 84.5 Å². The van der Waals surface area contributed by atoms with Gasteiger partial charge in [0, 0.05) is 50.7 Å². The quantitative estimate of drug-likeness (QED) is 0.342. The van der Waals surface area contributed by atoms with E-state index in [0.29, 0.717) is 49.2 Å². The minimum atomic E-state index is -4.46. The Labute approximate surface area is 264 Å². The Morgan fingerprint density at radius 3 is 2.55 bits per heavy atom. The minimum absolute atomic E-state index is 0.0402. The topological polar surface area (TPSA) is 153 Å². The van der Waals surface area contributed by atoms with Gasteiger partial charge < -0.3 is 20.3 Å². The molecule has 3 aromatic heterocycles. The zero-order valence-corrected chi connectivity index (χ0v) is 25.3. The van der Waals surface area contributed by atoms with E-state index in [1.54, 1.807) is 0 Å². The Bertz CT molecular complexity index is 1630. The molecule has 0 spiro atoms. The molecule has 2 amide bonds. The number of ether oxygens (including phenoxy) is 1. The van der Waals surface area contributed by atoms with Crippen LogP contribution >= 0.6 is 0 Å². The number of hydrogen-bond acceptors (Lipinski definition) is 10. The molecule has 1 unspecified atom stereocenters. The molecule has 47 heavy (non-hydrogen) atoms. The largest absolute Gasteiger partial charge is 0.393 e. The zero-order chi connectivity index (χ0) is 32.9. The summed E-state index contributed by atoms with van der Waals surface area (Å²) < 4.78 is 80.7. The molecule has 4 aliphatic rings. The van der Waals surface area contributed by atoms with E-state index in [1.807, 2.05) is 4.90 Å². The SMILES string of the molecule is O=C(N[C@H](c1cn2nc(CC3C[C@@H](C(F)(F)F)CNC3=O)c(N3CCOCC3)nc2n1)C1CCC(F)(F)CC1)c1nonc1C1CC1. The third-order valence-corrected chi connectivity index (χ3v) is 9.59. The fourth-order valence-electron chi connectivity index (χ4n) is 6.75. The van der Waals surface area contributed by atoms with Crippen molar-refractivity contribution in [1.29, 1.82) is 0 Å². The van der Waals surface area contributed by atoms with E-state index < -0.39 is 54.3 Å². The van der Waals surface area contributed by atoms with Crippen molar-refractivity contribution in [3.63, 3.8) is 0 Å². The van der Waals surface area contributed by atoms with Crippen molar-refractivity contribution in [1.82, 2.24) is 40.5 Å². The Morgan fingerprint density at radius 1 is 1.11 bits per heavy atom. The van der Waals surface area contributed by atoms with Crippen LogP contribution in [-0.4, -0.2) is 86.7 Å². The molecule has 2 aliphatic heterocycles. The van der Waals surface area contributed by atoms with Gasteiger partial charge in [-0.05, 0) is 43.2 Å². The first-order valence-electron chi connectivity index (χ1n) is 15.9. The average Bonchev–Trinajstić information content (AvgIpc) is 3.61. The van der Waals surface area contributed by atoms with Crippen LogP contribution in [0.3, 0.4) is 0 Å². The normalized spacial score (nSPS) is 24.7. The molecule has 2 saturated carbocycles. The second kappa shape index (κ2) is 12.2. The van der Waals surface area contributed by atoms with Gasteiger partial charge in [-0.15, -0.1) is 0 Å². The standard InChI is InChI=1S/C29H34F5N9O4/c30-28(31)5-3-16(4-6-28)21(37-26(45)23-22(15-1-2-15)40-47-41-23)20-14-43-27(36-20)38-24(42-7-9-46-10-8-42)19(39-43)12-17-11-18(29(32,33)34)13-35-25(17)44/h14-18,21H,1-13H2,(H,35,44)(H,37,45)/t17?,18-,21+/m1/s1. The van der Waals surface area contributed by atoms with Crippen molar-refractivity contribution >= 4 is 23.4 Å². The van der Waals surface area contributed by atoms with Gasteiger partial charge in [-0.1, -0.05) is 5.16 Å². The number of piperidine rings is 1. The van der Waals surface area contributed by atoms with E-state index in [-0.39, 0.29) is 55.9 Å². The summed E-state index contributed by atoms with van der Waals surface area (Å²) in [6, 6.07) is -0.808. The van der Waals surface area contributed by atoms with Gasteiger partial charge in [0.2, 0.25) is 11.8 Å². The van der Waals surface area contributed by atoms with Crippen molar-refractivity contribution in [2.24, 2.45) is 17.8 Å². The van der Waals surface area contributed by atoms with Crippen LogP contribution in [0.4, 0.5) is 27.8 Å². The van der Waals surface area contributed by atoms with Gasteiger partial charge in [-0.25, -0.2) is 22.9 Å². The number of amides is 2. The molecule has 2 aliphatic carbocycles. The minimum Gasteiger partial charge on any atom is -0.378 e. The van der Waals surface area contributed by atoms with Crippen LogP contribution in [0.25, 0.3) is 5.78 Å². The number of carbonyl (C=O) groups is 2. The molecule has 0 bridgehead atoms. The molecule has 2 saturated heterocycles. The molecule has 18 heteroatoms. The summed E-state index contributed by atoms with van der Waals surface area (Å²) >= 11 is 0. The molecule has 4 fully saturated rings. The number of aromatic nitrogens is 6. The summed E-state index contributed by atoms with van der Waals surface area (Å²) in [6.45, 7) is 1.20. The molecule has 0 aromatic carbocycles. The van der Waals surface area contributed by atoms with Crippen LogP contribution in [0, 0.1) is 17.8 Å². The third kappa shape index (κ3) is 6.73. The lowest BCUT2D eigenvalue weighted by molar-refractivity contribution is -0.183. The maximum atomic E-state index is 14.2. The number of anilines is 1. The van der Waals surface area contributed by atoms with Crippen molar-refractivity contribution in [3.8, 4) is 0 Å². The highest BCUT2D eigenvalue weighted by Gasteiger charge is 2.45. The van der Waals surface area contributed by atoms with Crippen LogP contribution in [-0.2, 0) is 16.0 Å². The van der Waals surface area contributed by atoms with E-state index >= 15 is 0 Å². The fourth-order valence-corrected chi connectivity index (χ4v) is 6.75. The average molecular weight is 668 g/mol. The van der Waals surface area contributed by atoms with Crippen LogP contribution in [0.5, 0.6) is 0 Å². The second-order valence-electron chi connectivity index (χ2n) is 12.9. The van der Waals surface area contributed by atoms with Crippen LogP contribution in [0.2, 0.25) is 0 Å². The predicted molar refractivity (Wildman–Crippen MR) is 152 cm³/mol. The van der Waals surface area contributed by atoms with Gasteiger partial charge in [-0.3, -0.25) is 9.59 Å². The molecule has 7 rings (SSSR count). The first-order chi connectivity index (χ1) is 22.4. The molecular formula is C29H34F5N9O4. The summed E-state index contributed by atoms with van der Waals surface area (Å²) in [6.07, 6.45) is -2.14. The number of nitrogens with zero attached hydrogens (tertiary/aromatic N) is 7. The Kier molecular flexibility index (Phi) is 8.24. The predicted octanol–water partition coefficient (Wildman–Crippen LogP) is 3.38. The van der Waals surface area contributed by atoms with Crippen molar-refractivity contribution in [2.75, 3.05) is 37.7 Å². The van der Waals surface area contributed by atoms with E-state index in [0.717, 1.165) is 12.8 Å². The number of morpholine rings is 1. The van der Waals surface area contributed by atoms with Crippen molar-refractivity contribution in [2.45, 2.75) is 75.4 Å². The Hall–Kier alpha value is -3.96. The van der Waals surface area contributed by atoms with Gasteiger partial charge in [0.25, 0.3) is 11.7 Å². The summed E-state index contributed by atoms with van der Waals surface area (Å²) in [5, 5.41) is 17.7. The molecule has 2 N–H and O–H groups in total. The highest BCUT2D eigenvalue weighted by Crippen LogP contribution is 2.43. The second-order valence-corrected chi connectivity index (χ2v) is 12.9. The van der Waals surface area contributed by atoms with Gasteiger partial charge in [-0.2, -0.15) is 23.3 Å². The highest BCUT2D eigenvalue weighted by atomic mass is 19.4. The first-order valence-corrected chi connectivity index (χ1v) is 15.9. The summed E-state index contributed by atoms with van der Waals surface area (Å²) in [5.41, 5.74) is 1.13. The maximum Gasteiger partial charge on any atom is 0.393 e. The summed E-state index contributed by atoms with van der Waals surface area (Å²) in [5.74, 6) is -6.32. The van der Waals surface area contributed by atoms with Crippen LogP contribution < -0.4 is 15.5 Å². The smallest absolute Gasteiger partial charge is 0.378 e. The monoisotopic (exact) mass is 667 g/mol. The van der Waals surface area contributed by atoms with E-state index in [2.05, 4.69) is 31.0 Å². The Morgan fingerprint density at radius 2 is 1.85 bits per heavy atom. The number of hydrogen-bond donors (Lipinski definition) is 2. The molecule has 0 radical (unpaired) electrons. The fraction of sp³-hybridized carbons (Fsp3) is 0.690. The number of fused-ring (bicyclic) bond motifs is 1. The van der Waals surface area contributed by atoms with Crippen molar-refractivity contribution < 1.29 is 40.9 Å². The van der Waals surface area contributed by atoms with Crippen LogP contribution in [0.15, 0.2) is 10.8 Å². The number of nitrogens with one attached hydrogen (secondary N) is 2. The lowest BCUT2D eigenvalue weighted by Gasteiger charge is -2.33. The van der Waals surface area contributed by atoms with E-state index in [4.69, 9.17) is 14.3 Å². The number of imidazole rings is 1. The summed E-state index contributed by atoms with van der Waals surface area (Å²) in [4.78, 5) is 37.5. The number of alkyl halides is 5. The highest BCUT2D eigenvalue weighted by molar-refractivity contribution is 5.93. The summed E-state index contributed by atoms with van der Waals surface area (Å²) in [7, 11) is 0. The lowest BCUT2D eigenvalue weighted by Crippen LogP contribution is -2.47. The van der Waals surface area contributed by atoms with Gasteiger partial charge in [0.1, 0.15) is 11.4 Å². The number of carbonyl (C=O) groups excluding carboxylic acids is 2. The number of rotatable bonds is 8. The molecular weight excluding hydrogens is 633 g/mol. The zero-order valence-electron chi connectivity index (χ0n) is 25.3. The maximum absolute atomic E-state index is 14.2. The lowest BCUT2D eigenvalue weighted by atomic mass is 9.81. The molecule has 5 heterocycles. The van der Waals surface area contributed by atoms with Gasteiger partial charge in [0.15, 0.2) is 11.5 Å². The number of halogens is 5. The molecule has 254 valence electrons. The van der Waals surface area contributed by atoms with Gasteiger partial charge >= 0.3 is 6.18 Å². The first kappa shape index (κ1) is 31.6. The third-order valence-electron chi connectivity index (χ3n) is 9.59. The molecule has 3 aromatic rings. The van der Waals surface area contributed by atoms with E-state index in [1.165, 1.54) is 10.7 Å².